The zero-order chi connectivity index (χ0) is 17.5. The van der Waals surface area contributed by atoms with Gasteiger partial charge in [-0.15, -0.1) is 28.2 Å². The lowest BCUT2D eigenvalue weighted by atomic mass is 10.3. The van der Waals surface area contributed by atoms with Crippen LogP contribution in [-0.4, -0.2) is 29.0 Å². The number of ether oxygens (including phenoxy) is 1. The number of carbonyl (C=O) groups is 1. The molecule has 1 aromatic carbocycles. The molecule has 0 atom stereocenters. The number of methoxy groups -OCH3 is 1. The first kappa shape index (κ1) is 17.5. The largest absolute Gasteiger partial charge is 0.497 e. The number of aromatic nitrogens is 2. The highest BCUT2D eigenvalue weighted by Gasteiger charge is 2.11. The summed E-state index contributed by atoms with van der Waals surface area (Å²) in [4.78, 5) is 14.0. The molecule has 2 aromatic heterocycles. The van der Waals surface area contributed by atoms with E-state index in [-0.39, 0.29) is 11.9 Å². The first-order chi connectivity index (χ1) is 12.2. The van der Waals surface area contributed by atoms with Gasteiger partial charge in [-0.3, -0.25) is 10.1 Å². The Labute approximate surface area is 153 Å². The molecule has 2 heterocycles. The van der Waals surface area contributed by atoms with Crippen molar-refractivity contribution in [2.75, 3.05) is 18.2 Å². The lowest BCUT2D eigenvalue weighted by Gasteiger charge is -2.03. The van der Waals surface area contributed by atoms with Crippen molar-refractivity contribution in [1.29, 1.82) is 0 Å². The van der Waals surface area contributed by atoms with Crippen LogP contribution < -0.4 is 10.1 Å². The van der Waals surface area contributed by atoms with Crippen LogP contribution >= 0.6 is 23.1 Å². The fourth-order valence-corrected chi connectivity index (χ4v) is 3.55. The van der Waals surface area contributed by atoms with Gasteiger partial charge in [0.25, 0.3) is 5.89 Å². The van der Waals surface area contributed by atoms with E-state index in [0.29, 0.717) is 12.3 Å². The molecular formula is C17H17N3O3S2. The monoisotopic (exact) mass is 375 g/mol. The van der Waals surface area contributed by atoms with E-state index in [1.165, 1.54) is 11.3 Å². The van der Waals surface area contributed by atoms with Gasteiger partial charge in [-0.1, -0.05) is 11.2 Å². The number of benzene rings is 1. The number of nitrogens with zero attached hydrogens (tertiary/aromatic N) is 2. The Morgan fingerprint density at radius 1 is 1.28 bits per heavy atom. The van der Waals surface area contributed by atoms with Gasteiger partial charge < -0.3 is 9.15 Å². The van der Waals surface area contributed by atoms with Crippen molar-refractivity contribution >= 4 is 35.0 Å². The van der Waals surface area contributed by atoms with E-state index in [4.69, 9.17) is 9.15 Å². The molecule has 0 spiro atoms. The molecule has 0 unspecified atom stereocenters. The second-order valence-electron chi connectivity index (χ2n) is 5.07. The van der Waals surface area contributed by atoms with Crippen LogP contribution in [-0.2, 0) is 4.79 Å². The molecule has 0 fully saturated rings. The Kier molecular flexibility index (Phi) is 6.08. The SMILES string of the molecule is COc1ccc(SCCCC(=O)Nc2nnc(-c3cccs3)o2)cc1. The Morgan fingerprint density at radius 3 is 2.84 bits per heavy atom. The van der Waals surface area contributed by atoms with Crippen LogP contribution in [0.2, 0.25) is 0 Å². The summed E-state index contributed by atoms with van der Waals surface area (Å²) >= 11 is 3.21. The van der Waals surface area contributed by atoms with Gasteiger partial charge >= 0.3 is 6.01 Å². The molecule has 0 radical (unpaired) electrons. The smallest absolute Gasteiger partial charge is 0.322 e. The van der Waals surface area contributed by atoms with Crippen molar-refractivity contribution in [3.8, 4) is 16.5 Å². The molecule has 0 aliphatic heterocycles. The molecule has 1 amide bonds. The molecule has 0 saturated carbocycles. The van der Waals surface area contributed by atoms with Gasteiger partial charge in [0, 0.05) is 11.3 Å². The van der Waals surface area contributed by atoms with Crippen LogP contribution in [0.1, 0.15) is 12.8 Å². The van der Waals surface area contributed by atoms with Crippen LogP contribution in [0.15, 0.2) is 51.1 Å². The first-order valence-corrected chi connectivity index (χ1v) is 9.55. The summed E-state index contributed by atoms with van der Waals surface area (Å²) in [7, 11) is 1.65. The Morgan fingerprint density at radius 2 is 2.12 bits per heavy atom. The number of hydrogen-bond donors (Lipinski definition) is 1. The summed E-state index contributed by atoms with van der Waals surface area (Å²) in [6.45, 7) is 0. The van der Waals surface area contributed by atoms with Crippen molar-refractivity contribution < 1.29 is 13.9 Å². The van der Waals surface area contributed by atoms with E-state index in [1.807, 2.05) is 41.8 Å². The second-order valence-corrected chi connectivity index (χ2v) is 7.18. The molecule has 0 bridgehead atoms. The standard InChI is InChI=1S/C17H17N3O3S2/c1-22-12-6-8-13(9-7-12)24-10-3-5-15(21)18-17-20-19-16(23-17)14-4-2-11-25-14/h2,4,6-9,11H,3,5,10H2,1H3,(H,18,20,21). The van der Waals surface area contributed by atoms with Crippen molar-refractivity contribution in [1.82, 2.24) is 10.2 Å². The maximum Gasteiger partial charge on any atom is 0.322 e. The summed E-state index contributed by atoms with van der Waals surface area (Å²) in [5.74, 6) is 1.98. The second kappa shape index (κ2) is 8.68. The number of anilines is 1. The molecule has 130 valence electrons. The van der Waals surface area contributed by atoms with E-state index in [1.54, 1.807) is 18.9 Å². The number of amides is 1. The van der Waals surface area contributed by atoms with Gasteiger partial charge in [-0.05, 0) is 47.9 Å². The summed E-state index contributed by atoms with van der Waals surface area (Å²) in [5.41, 5.74) is 0. The topological polar surface area (TPSA) is 77.2 Å². The van der Waals surface area contributed by atoms with Crippen molar-refractivity contribution in [2.45, 2.75) is 17.7 Å². The molecule has 6 nitrogen and oxygen atoms in total. The molecule has 1 N–H and O–H groups in total. The number of hydrogen-bond acceptors (Lipinski definition) is 7. The third kappa shape index (κ3) is 5.07. The van der Waals surface area contributed by atoms with Crippen LogP contribution in [0.5, 0.6) is 5.75 Å². The predicted molar refractivity (Wildman–Crippen MR) is 99.2 cm³/mol. The number of thiophene rings is 1. The molecule has 25 heavy (non-hydrogen) atoms. The lowest BCUT2D eigenvalue weighted by molar-refractivity contribution is -0.116. The molecule has 8 heteroatoms. The van der Waals surface area contributed by atoms with Crippen LogP contribution in [0.4, 0.5) is 6.01 Å². The van der Waals surface area contributed by atoms with E-state index in [2.05, 4.69) is 15.5 Å². The minimum Gasteiger partial charge on any atom is -0.497 e. The maximum atomic E-state index is 11.9. The van der Waals surface area contributed by atoms with E-state index < -0.39 is 0 Å². The summed E-state index contributed by atoms with van der Waals surface area (Å²) in [6.07, 6.45) is 1.16. The van der Waals surface area contributed by atoms with Gasteiger partial charge in [0.15, 0.2) is 0 Å². The predicted octanol–water partition coefficient (Wildman–Crippen LogP) is 4.32. The highest BCUT2D eigenvalue weighted by molar-refractivity contribution is 7.99. The normalized spacial score (nSPS) is 10.6. The van der Waals surface area contributed by atoms with Crippen LogP contribution in [0.25, 0.3) is 10.8 Å². The molecular weight excluding hydrogens is 358 g/mol. The minimum absolute atomic E-state index is 0.128. The first-order valence-electron chi connectivity index (χ1n) is 7.68. The minimum atomic E-state index is -0.128. The Hall–Kier alpha value is -2.32. The lowest BCUT2D eigenvalue weighted by Crippen LogP contribution is -2.11. The third-order valence-electron chi connectivity index (χ3n) is 3.28. The quantitative estimate of drug-likeness (QED) is 0.467. The summed E-state index contributed by atoms with van der Waals surface area (Å²) in [6, 6.07) is 11.8. The van der Waals surface area contributed by atoms with Crippen molar-refractivity contribution in [3.05, 3.63) is 41.8 Å². The summed E-state index contributed by atoms with van der Waals surface area (Å²) < 4.78 is 10.6. The number of nitrogens with one attached hydrogen (secondary N) is 1. The summed E-state index contributed by atoms with van der Waals surface area (Å²) in [5, 5.41) is 12.3. The molecule has 0 aliphatic carbocycles. The molecule has 0 aliphatic rings. The average molecular weight is 375 g/mol. The van der Waals surface area contributed by atoms with Gasteiger partial charge in [-0.25, -0.2) is 0 Å². The fourth-order valence-electron chi connectivity index (χ4n) is 2.05. The fraction of sp³-hybridized carbons (Fsp3) is 0.235. The maximum absolute atomic E-state index is 11.9. The highest BCUT2D eigenvalue weighted by atomic mass is 32.2. The van der Waals surface area contributed by atoms with E-state index in [0.717, 1.165) is 27.7 Å². The number of rotatable bonds is 8. The number of carbonyl (C=O) groups excluding carboxylic acids is 1. The van der Waals surface area contributed by atoms with Gasteiger partial charge in [0.2, 0.25) is 5.91 Å². The highest BCUT2D eigenvalue weighted by Crippen LogP contribution is 2.25. The van der Waals surface area contributed by atoms with Crippen LogP contribution in [0.3, 0.4) is 0 Å². The van der Waals surface area contributed by atoms with Crippen LogP contribution in [0, 0.1) is 0 Å². The number of thioether (sulfide) groups is 1. The molecule has 0 saturated heterocycles. The zero-order valence-corrected chi connectivity index (χ0v) is 15.2. The van der Waals surface area contributed by atoms with Gasteiger partial charge in [0.1, 0.15) is 5.75 Å². The average Bonchev–Trinajstić information content (AvgIpc) is 3.31. The van der Waals surface area contributed by atoms with E-state index in [9.17, 15) is 4.79 Å². The third-order valence-corrected chi connectivity index (χ3v) is 5.24. The Balaban J connectivity index is 1.39. The van der Waals surface area contributed by atoms with Crippen molar-refractivity contribution in [3.63, 3.8) is 0 Å². The molecule has 3 aromatic rings. The van der Waals surface area contributed by atoms with Crippen molar-refractivity contribution in [2.24, 2.45) is 0 Å². The zero-order valence-electron chi connectivity index (χ0n) is 13.6. The molecule has 3 rings (SSSR count). The van der Waals surface area contributed by atoms with Gasteiger partial charge in [0.05, 0.1) is 12.0 Å². The Bertz CT molecular complexity index is 801. The van der Waals surface area contributed by atoms with Gasteiger partial charge in [-0.2, -0.15) is 0 Å². The van der Waals surface area contributed by atoms with E-state index >= 15 is 0 Å².